The third-order valence-electron chi connectivity index (χ3n) is 7.65. The second-order valence-corrected chi connectivity index (χ2v) is 13.5. The van der Waals surface area contributed by atoms with E-state index >= 15 is 0 Å². The summed E-state index contributed by atoms with van der Waals surface area (Å²) in [6.45, 7) is 3.69. The first-order valence-corrected chi connectivity index (χ1v) is 19.7. The number of hydrogen-bond acceptors (Lipinski definition) is 8. The molecule has 0 aliphatic carbocycles. The van der Waals surface area contributed by atoms with E-state index in [9.17, 15) is 19.0 Å². The van der Waals surface area contributed by atoms with Gasteiger partial charge >= 0.3 is 19.8 Å². The summed E-state index contributed by atoms with van der Waals surface area (Å²) >= 11 is 0. The third-order valence-corrected chi connectivity index (χ3v) is 8.64. The normalized spacial score (nSPS) is 13.6. The molecule has 0 rings (SSSR count). The first kappa shape index (κ1) is 43.8. The van der Waals surface area contributed by atoms with Gasteiger partial charge in [0, 0.05) is 19.4 Å². The van der Waals surface area contributed by atoms with Crippen LogP contribution in [0, 0.1) is 0 Å². The molecule has 0 aromatic rings. The second-order valence-electron chi connectivity index (χ2n) is 12.1. The number of ether oxygens (including phenoxy) is 2. The van der Waals surface area contributed by atoms with Crippen LogP contribution in [0.2, 0.25) is 0 Å². The lowest BCUT2D eigenvalue weighted by atomic mass is 10.1. The minimum atomic E-state index is -4.36. The molecule has 10 heteroatoms. The summed E-state index contributed by atoms with van der Waals surface area (Å²) in [5.41, 5.74) is 5.32. The number of carbonyl (C=O) groups excluding carboxylic acids is 2. The number of carbonyl (C=O) groups is 2. The largest absolute Gasteiger partial charge is 0.472 e. The highest BCUT2D eigenvalue weighted by molar-refractivity contribution is 7.47. The van der Waals surface area contributed by atoms with Crippen molar-refractivity contribution in [1.29, 1.82) is 0 Å². The van der Waals surface area contributed by atoms with Gasteiger partial charge in [-0.25, -0.2) is 4.57 Å². The van der Waals surface area contributed by atoms with Crippen LogP contribution in [-0.4, -0.2) is 49.3 Å². The van der Waals surface area contributed by atoms with Gasteiger partial charge in [0.1, 0.15) is 6.61 Å². The zero-order valence-corrected chi connectivity index (χ0v) is 29.8. The zero-order valence-electron chi connectivity index (χ0n) is 28.9. The van der Waals surface area contributed by atoms with E-state index in [-0.39, 0.29) is 38.6 Å². The Balaban J connectivity index is 4.25. The van der Waals surface area contributed by atoms with E-state index in [1.54, 1.807) is 0 Å². The van der Waals surface area contributed by atoms with E-state index in [1.807, 2.05) is 0 Å². The van der Waals surface area contributed by atoms with Gasteiger partial charge in [0.05, 0.1) is 13.2 Å². The molecule has 9 nitrogen and oxygen atoms in total. The van der Waals surface area contributed by atoms with Crippen LogP contribution in [0.3, 0.4) is 0 Å². The molecule has 0 saturated carbocycles. The molecular formula is C35H68NO8P. The molecule has 45 heavy (non-hydrogen) atoms. The van der Waals surface area contributed by atoms with Gasteiger partial charge in [0.2, 0.25) is 0 Å². The number of rotatable bonds is 34. The van der Waals surface area contributed by atoms with Gasteiger partial charge in [-0.05, 0) is 38.5 Å². The highest BCUT2D eigenvalue weighted by Gasteiger charge is 2.25. The second kappa shape index (κ2) is 32.7. The van der Waals surface area contributed by atoms with Crippen molar-refractivity contribution < 1.29 is 37.6 Å². The number of phosphoric acid groups is 1. The minimum Gasteiger partial charge on any atom is -0.462 e. The molecule has 0 spiro atoms. The molecular weight excluding hydrogens is 593 g/mol. The Morgan fingerprint density at radius 3 is 1.58 bits per heavy atom. The molecule has 3 N–H and O–H groups in total. The van der Waals surface area contributed by atoms with Gasteiger partial charge in [-0.15, -0.1) is 0 Å². The third kappa shape index (κ3) is 32.5. The van der Waals surface area contributed by atoms with Crippen molar-refractivity contribution in [2.24, 2.45) is 5.73 Å². The van der Waals surface area contributed by atoms with Gasteiger partial charge < -0.3 is 20.1 Å². The molecule has 0 fully saturated rings. The average molecular weight is 662 g/mol. The van der Waals surface area contributed by atoms with Crippen molar-refractivity contribution in [2.75, 3.05) is 26.4 Å². The molecule has 0 radical (unpaired) electrons. The van der Waals surface area contributed by atoms with Gasteiger partial charge in [0.15, 0.2) is 6.10 Å². The number of allylic oxidation sites excluding steroid dienone is 2. The monoisotopic (exact) mass is 661 g/mol. The Morgan fingerprint density at radius 2 is 1.09 bits per heavy atom. The summed E-state index contributed by atoms with van der Waals surface area (Å²) < 4.78 is 32.5. The summed E-state index contributed by atoms with van der Waals surface area (Å²) in [7, 11) is -4.36. The van der Waals surface area contributed by atoms with Crippen LogP contribution in [0.25, 0.3) is 0 Å². The van der Waals surface area contributed by atoms with Crippen molar-refractivity contribution in [1.82, 2.24) is 0 Å². The Kier molecular flexibility index (Phi) is 31.8. The van der Waals surface area contributed by atoms with Crippen molar-refractivity contribution in [3.05, 3.63) is 12.2 Å². The van der Waals surface area contributed by atoms with Gasteiger partial charge in [-0.1, -0.05) is 129 Å². The lowest BCUT2D eigenvalue weighted by Gasteiger charge is -2.19. The molecule has 0 amide bonds. The molecule has 0 aromatic carbocycles. The van der Waals surface area contributed by atoms with E-state index in [0.29, 0.717) is 6.42 Å². The average Bonchev–Trinajstić information content (AvgIpc) is 3.02. The lowest BCUT2D eigenvalue weighted by molar-refractivity contribution is -0.161. The number of nitrogens with two attached hydrogens (primary N) is 1. The van der Waals surface area contributed by atoms with Crippen molar-refractivity contribution in [3.8, 4) is 0 Å². The van der Waals surface area contributed by atoms with Crippen LogP contribution in [0.5, 0.6) is 0 Å². The fraction of sp³-hybridized carbons (Fsp3) is 0.886. The Bertz CT molecular complexity index is 764. The quantitative estimate of drug-likeness (QED) is 0.0299. The Hall–Kier alpha value is -1.25. The minimum absolute atomic E-state index is 0.0544. The molecule has 0 bridgehead atoms. The molecule has 1 unspecified atom stereocenters. The maximum atomic E-state index is 12.5. The molecule has 0 aliphatic rings. The van der Waals surface area contributed by atoms with Gasteiger partial charge in [-0.3, -0.25) is 18.6 Å². The summed E-state index contributed by atoms with van der Waals surface area (Å²) in [5.74, 6) is -0.837. The van der Waals surface area contributed by atoms with Gasteiger partial charge in [-0.2, -0.15) is 0 Å². The predicted molar refractivity (Wildman–Crippen MR) is 183 cm³/mol. The molecule has 0 heterocycles. The van der Waals surface area contributed by atoms with Crippen molar-refractivity contribution in [3.63, 3.8) is 0 Å². The first-order valence-electron chi connectivity index (χ1n) is 18.2. The van der Waals surface area contributed by atoms with E-state index in [0.717, 1.165) is 51.4 Å². The van der Waals surface area contributed by atoms with E-state index in [2.05, 4.69) is 26.0 Å². The maximum Gasteiger partial charge on any atom is 0.472 e. The Labute approximate surface area is 275 Å². The number of phosphoric ester groups is 1. The smallest absolute Gasteiger partial charge is 0.462 e. The highest BCUT2D eigenvalue weighted by atomic mass is 31.2. The summed E-state index contributed by atoms with van der Waals surface area (Å²) in [4.78, 5) is 34.6. The van der Waals surface area contributed by atoms with Crippen LogP contribution in [-0.2, 0) is 32.7 Å². The predicted octanol–water partition coefficient (Wildman–Crippen LogP) is 9.49. The summed E-state index contributed by atoms with van der Waals surface area (Å²) in [6, 6.07) is 0. The van der Waals surface area contributed by atoms with Crippen molar-refractivity contribution >= 4 is 19.8 Å². The fourth-order valence-electron chi connectivity index (χ4n) is 4.92. The first-order chi connectivity index (χ1) is 21.8. The van der Waals surface area contributed by atoms with Crippen LogP contribution in [0.15, 0.2) is 12.2 Å². The number of esters is 2. The fourth-order valence-corrected chi connectivity index (χ4v) is 5.69. The Morgan fingerprint density at radius 1 is 0.644 bits per heavy atom. The zero-order chi connectivity index (χ0) is 33.3. The standard InChI is InChI=1S/C35H68NO8P/c1-3-5-7-9-11-13-15-16-17-18-20-22-24-26-28-35(38)44-33(32-43-45(39,40)42-30-29-36)31-41-34(37)27-25-23-21-19-14-12-10-8-6-4-2/h15-16,33H,3-14,17-32,36H2,1-2H3,(H,39,40)/b16-15+/t33-/m1/s1. The van der Waals surface area contributed by atoms with Crippen LogP contribution in [0.4, 0.5) is 0 Å². The molecule has 266 valence electrons. The van der Waals surface area contributed by atoms with E-state index in [1.165, 1.54) is 83.5 Å². The topological polar surface area (TPSA) is 134 Å². The van der Waals surface area contributed by atoms with Crippen molar-refractivity contribution in [2.45, 2.75) is 174 Å². The maximum absolute atomic E-state index is 12.5. The lowest BCUT2D eigenvalue weighted by Crippen LogP contribution is -2.29. The molecule has 0 aromatic heterocycles. The molecule has 2 atom stereocenters. The van der Waals surface area contributed by atoms with Gasteiger partial charge in [0.25, 0.3) is 0 Å². The molecule has 0 aliphatic heterocycles. The number of hydrogen-bond donors (Lipinski definition) is 2. The molecule has 0 saturated heterocycles. The van der Waals surface area contributed by atoms with Crippen LogP contribution < -0.4 is 5.73 Å². The number of unbranched alkanes of at least 4 members (excludes halogenated alkanes) is 19. The van der Waals surface area contributed by atoms with Crippen LogP contribution in [0.1, 0.15) is 168 Å². The summed E-state index contributed by atoms with van der Waals surface area (Å²) in [5, 5.41) is 0. The van der Waals surface area contributed by atoms with E-state index in [4.69, 9.17) is 24.3 Å². The SMILES string of the molecule is CCCCCCC/C=C/CCCCCCCC(=O)O[C@H](COC(=O)CCCCCCCCCCCC)COP(=O)(O)OCCN. The van der Waals surface area contributed by atoms with Crippen LogP contribution >= 0.6 is 7.82 Å². The summed E-state index contributed by atoms with van der Waals surface area (Å²) in [6.07, 6.45) is 29.5. The van der Waals surface area contributed by atoms with E-state index < -0.39 is 26.5 Å². The highest BCUT2D eigenvalue weighted by Crippen LogP contribution is 2.43.